The predicted molar refractivity (Wildman–Crippen MR) is 110 cm³/mol. The third kappa shape index (κ3) is 3.54. The van der Waals surface area contributed by atoms with E-state index in [2.05, 4.69) is 30.5 Å². The summed E-state index contributed by atoms with van der Waals surface area (Å²) in [7, 11) is 1.63. The van der Waals surface area contributed by atoms with Crippen molar-refractivity contribution in [3.05, 3.63) is 66.4 Å². The van der Waals surface area contributed by atoms with Gasteiger partial charge in [-0.05, 0) is 12.1 Å². The molecule has 1 aromatic heterocycles. The Morgan fingerprint density at radius 3 is 2.79 bits per heavy atom. The summed E-state index contributed by atoms with van der Waals surface area (Å²) in [6, 6.07) is 14.2. The molecular formula is C22H26N3O3+. The molecule has 6 heteroatoms. The van der Waals surface area contributed by atoms with Gasteiger partial charge in [-0.2, -0.15) is 4.98 Å². The molecule has 2 aromatic rings. The molecule has 4 rings (SSSR count). The Balaban J connectivity index is 1.80. The second kappa shape index (κ2) is 8.14. The van der Waals surface area contributed by atoms with E-state index in [0.717, 1.165) is 30.0 Å². The first-order chi connectivity index (χ1) is 13.7. The maximum atomic E-state index is 6.13. The first-order valence-corrected chi connectivity index (χ1v) is 9.57. The fourth-order valence-corrected chi connectivity index (χ4v) is 3.68. The van der Waals surface area contributed by atoms with Crippen LogP contribution < -0.4 is 19.7 Å². The summed E-state index contributed by atoms with van der Waals surface area (Å²) in [4.78, 5) is 4.90. The first-order valence-electron chi connectivity index (χ1n) is 9.57. The van der Waals surface area contributed by atoms with Gasteiger partial charge in [0.05, 0.1) is 20.3 Å². The third-order valence-electron chi connectivity index (χ3n) is 5.17. The predicted octanol–water partition coefficient (Wildman–Crippen LogP) is 3.31. The van der Waals surface area contributed by atoms with Crippen molar-refractivity contribution < 1.29 is 14.2 Å². The molecule has 2 aliphatic heterocycles. The van der Waals surface area contributed by atoms with Gasteiger partial charge in [-0.15, -0.1) is 0 Å². The quantitative estimate of drug-likeness (QED) is 0.779. The van der Waals surface area contributed by atoms with Crippen molar-refractivity contribution in [2.45, 2.75) is 12.5 Å². The summed E-state index contributed by atoms with van der Waals surface area (Å²) in [6.07, 6.45) is 7.25. The Labute approximate surface area is 165 Å². The molecular weight excluding hydrogens is 354 g/mol. The number of rotatable bonds is 6. The van der Waals surface area contributed by atoms with Crippen LogP contribution in [0.4, 0.5) is 11.5 Å². The maximum absolute atomic E-state index is 6.13. The molecule has 2 unspecified atom stereocenters. The van der Waals surface area contributed by atoms with Crippen molar-refractivity contribution >= 4 is 11.5 Å². The average Bonchev–Trinajstić information content (AvgIpc) is 3.27. The van der Waals surface area contributed by atoms with Crippen LogP contribution in [0.1, 0.15) is 6.42 Å². The molecule has 1 saturated heterocycles. The summed E-state index contributed by atoms with van der Waals surface area (Å²) in [5.41, 5.74) is 8.14. The highest BCUT2D eigenvalue weighted by atomic mass is 16.6. The van der Waals surface area contributed by atoms with Crippen molar-refractivity contribution in [3.8, 4) is 11.6 Å². The molecule has 28 heavy (non-hydrogen) atoms. The minimum absolute atomic E-state index is 0.00165. The van der Waals surface area contributed by atoms with Gasteiger partial charge in [0.2, 0.25) is 5.82 Å². The average molecular weight is 380 g/mol. The summed E-state index contributed by atoms with van der Waals surface area (Å²) in [5, 5.41) is 0. The molecule has 2 atom stereocenters. The summed E-state index contributed by atoms with van der Waals surface area (Å²) in [5.74, 6) is 1.98. The van der Waals surface area contributed by atoms with Crippen LogP contribution in [-0.4, -0.2) is 44.5 Å². The van der Waals surface area contributed by atoms with Crippen molar-refractivity contribution in [1.29, 1.82) is 0 Å². The monoisotopic (exact) mass is 380 g/mol. The number of nitrogens with two attached hydrogens (primary N) is 1. The fraction of sp³-hybridized carbons (Fsp3) is 0.318. The summed E-state index contributed by atoms with van der Waals surface area (Å²) < 4.78 is 17.5. The number of para-hydroxylation sites is 1. The van der Waals surface area contributed by atoms with Gasteiger partial charge >= 0.3 is 0 Å². The minimum Gasteiger partial charge on any atom is -0.491 e. The van der Waals surface area contributed by atoms with Gasteiger partial charge in [-0.1, -0.05) is 24.3 Å². The molecule has 3 heterocycles. The lowest BCUT2D eigenvalue weighted by atomic mass is 10.1. The molecule has 0 saturated carbocycles. The van der Waals surface area contributed by atoms with Crippen LogP contribution >= 0.6 is 0 Å². The van der Waals surface area contributed by atoms with Crippen LogP contribution in [0, 0.1) is 0 Å². The molecule has 0 bridgehead atoms. The SMILES string of the molecule is COc1ccc([N+]2(c3ccccc3)C=C(CN)C=CC2)nc1OC1CCOC1. The second-order valence-electron chi connectivity index (χ2n) is 6.98. The van der Waals surface area contributed by atoms with E-state index in [1.54, 1.807) is 7.11 Å². The highest BCUT2D eigenvalue weighted by molar-refractivity contribution is 5.62. The lowest BCUT2D eigenvalue weighted by Gasteiger charge is -2.34. The van der Waals surface area contributed by atoms with Gasteiger partial charge in [0.1, 0.15) is 24.5 Å². The topological polar surface area (TPSA) is 66.6 Å². The van der Waals surface area contributed by atoms with Gasteiger partial charge in [-0.25, -0.2) is 4.48 Å². The Morgan fingerprint density at radius 1 is 1.21 bits per heavy atom. The molecule has 6 nitrogen and oxygen atoms in total. The normalized spacial score (nSPS) is 24.1. The number of methoxy groups -OCH3 is 1. The van der Waals surface area contributed by atoms with E-state index < -0.39 is 0 Å². The highest BCUT2D eigenvalue weighted by Gasteiger charge is 2.35. The van der Waals surface area contributed by atoms with Gasteiger partial charge in [-0.3, -0.25) is 0 Å². The second-order valence-corrected chi connectivity index (χ2v) is 6.98. The number of aromatic nitrogens is 1. The zero-order chi connectivity index (χ0) is 19.4. The van der Waals surface area contributed by atoms with Crippen molar-refractivity contribution in [3.63, 3.8) is 0 Å². The van der Waals surface area contributed by atoms with Crippen molar-refractivity contribution in [1.82, 2.24) is 9.47 Å². The molecule has 2 aliphatic rings. The number of hydrogen-bond donors (Lipinski definition) is 1. The fourth-order valence-electron chi connectivity index (χ4n) is 3.68. The summed E-state index contributed by atoms with van der Waals surface area (Å²) in [6.45, 7) is 2.51. The Morgan fingerprint density at radius 2 is 2.07 bits per heavy atom. The zero-order valence-electron chi connectivity index (χ0n) is 16.1. The van der Waals surface area contributed by atoms with E-state index in [0.29, 0.717) is 35.9 Å². The van der Waals surface area contributed by atoms with E-state index in [-0.39, 0.29) is 6.10 Å². The van der Waals surface area contributed by atoms with Crippen LogP contribution in [0.15, 0.2) is 66.4 Å². The van der Waals surface area contributed by atoms with Crippen molar-refractivity contribution in [2.75, 3.05) is 33.4 Å². The van der Waals surface area contributed by atoms with E-state index >= 15 is 0 Å². The largest absolute Gasteiger partial charge is 0.491 e. The molecule has 0 aliphatic carbocycles. The number of quaternary nitrogens is 1. The Kier molecular flexibility index (Phi) is 5.43. The Bertz CT molecular complexity index is 876. The van der Waals surface area contributed by atoms with E-state index in [4.69, 9.17) is 24.9 Å². The van der Waals surface area contributed by atoms with E-state index in [9.17, 15) is 0 Å². The zero-order valence-corrected chi connectivity index (χ0v) is 16.1. The standard InChI is InChI=1S/C22H26N3O3/c1-26-20-9-10-21(24-22(20)28-19-11-13-27-16-19)25(18-7-3-2-4-8-18)12-5-6-17(14-23)15-25/h2-10,15,19H,11-14,16,23H2,1H3/q+1. The van der Waals surface area contributed by atoms with Crippen LogP contribution in [0.5, 0.6) is 11.6 Å². The highest BCUT2D eigenvalue weighted by Crippen LogP contribution is 2.39. The molecule has 146 valence electrons. The molecule has 2 N–H and O–H groups in total. The molecule has 0 radical (unpaired) electrons. The van der Waals surface area contributed by atoms with Gasteiger partial charge in [0, 0.05) is 36.7 Å². The number of nitrogens with zero attached hydrogens (tertiary/aromatic N) is 2. The molecule has 0 amide bonds. The number of hydrogen-bond acceptors (Lipinski definition) is 5. The van der Waals surface area contributed by atoms with E-state index in [1.807, 2.05) is 30.3 Å². The molecule has 0 spiro atoms. The smallest absolute Gasteiger partial charge is 0.262 e. The number of pyridine rings is 1. The number of benzene rings is 1. The van der Waals surface area contributed by atoms with Crippen LogP contribution in [0.3, 0.4) is 0 Å². The first kappa shape index (κ1) is 18.7. The third-order valence-corrected chi connectivity index (χ3v) is 5.17. The van der Waals surface area contributed by atoms with Crippen LogP contribution in [0.2, 0.25) is 0 Å². The van der Waals surface area contributed by atoms with E-state index in [1.165, 1.54) is 0 Å². The van der Waals surface area contributed by atoms with Crippen LogP contribution in [0.25, 0.3) is 0 Å². The van der Waals surface area contributed by atoms with Gasteiger partial charge in [0.15, 0.2) is 5.75 Å². The molecule has 1 fully saturated rings. The maximum Gasteiger partial charge on any atom is 0.262 e. The lowest BCUT2D eigenvalue weighted by Crippen LogP contribution is -2.41. The van der Waals surface area contributed by atoms with Crippen LogP contribution in [-0.2, 0) is 4.74 Å². The van der Waals surface area contributed by atoms with Gasteiger partial charge in [0.25, 0.3) is 5.88 Å². The lowest BCUT2D eigenvalue weighted by molar-refractivity contribution is 0.135. The number of ether oxygens (including phenoxy) is 3. The van der Waals surface area contributed by atoms with Gasteiger partial charge < -0.3 is 19.9 Å². The van der Waals surface area contributed by atoms with Crippen molar-refractivity contribution in [2.24, 2.45) is 5.73 Å². The molecule has 1 aromatic carbocycles. The Hall–Kier alpha value is -2.67. The minimum atomic E-state index is -0.00165. The summed E-state index contributed by atoms with van der Waals surface area (Å²) >= 11 is 0.